The zero-order valence-corrected chi connectivity index (χ0v) is 15.7. The lowest BCUT2D eigenvalue weighted by Gasteiger charge is -2.24. The third kappa shape index (κ3) is 4.40. The number of ether oxygens (including phenoxy) is 1. The minimum atomic E-state index is -0.541. The van der Waals surface area contributed by atoms with E-state index in [1.807, 2.05) is 20.8 Å². The van der Waals surface area contributed by atoms with E-state index >= 15 is 0 Å². The summed E-state index contributed by atoms with van der Waals surface area (Å²) in [6.45, 7) is 6.42. The molecule has 2 aromatic rings. The van der Waals surface area contributed by atoms with Crippen LogP contribution in [-0.4, -0.2) is 51.6 Å². The van der Waals surface area contributed by atoms with Gasteiger partial charge in [-0.2, -0.15) is 0 Å². The van der Waals surface area contributed by atoms with Crippen molar-refractivity contribution in [3.63, 3.8) is 0 Å². The molecule has 1 aliphatic heterocycles. The monoisotopic (exact) mass is 376 g/mol. The van der Waals surface area contributed by atoms with Crippen LogP contribution in [0.25, 0.3) is 10.9 Å². The van der Waals surface area contributed by atoms with Gasteiger partial charge in [0.15, 0.2) is 0 Å². The Morgan fingerprint density at radius 2 is 2.12 bits per heavy atom. The van der Waals surface area contributed by atoms with E-state index in [4.69, 9.17) is 16.3 Å². The second-order valence-electron chi connectivity index (χ2n) is 7.28. The molecular weight excluding hydrogens is 356 g/mol. The van der Waals surface area contributed by atoms with E-state index in [9.17, 15) is 9.59 Å². The Balaban J connectivity index is 1.62. The average Bonchev–Trinajstić information content (AvgIpc) is 3.01. The first-order chi connectivity index (χ1) is 12.2. The molecule has 2 heterocycles. The van der Waals surface area contributed by atoms with Crippen LogP contribution in [0.15, 0.2) is 24.4 Å². The van der Waals surface area contributed by atoms with Crippen molar-refractivity contribution in [2.24, 2.45) is 0 Å². The number of nitrogens with one attached hydrogen (secondary N) is 1. The molecule has 3 rings (SSSR count). The van der Waals surface area contributed by atoms with E-state index in [1.165, 1.54) is 0 Å². The summed E-state index contributed by atoms with van der Waals surface area (Å²) >= 11 is 5.94. The van der Waals surface area contributed by atoms with Gasteiger partial charge in [-0.25, -0.2) is 14.8 Å². The summed E-state index contributed by atoms with van der Waals surface area (Å²) in [4.78, 5) is 34.5. The lowest BCUT2D eigenvalue weighted by Crippen LogP contribution is -2.40. The summed E-state index contributed by atoms with van der Waals surface area (Å²) in [5.74, 6) is -0.270. The van der Waals surface area contributed by atoms with Crippen LogP contribution in [0.1, 0.15) is 37.8 Å². The summed E-state index contributed by atoms with van der Waals surface area (Å²) in [7, 11) is 0. The molecule has 1 aliphatic rings. The van der Waals surface area contributed by atoms with Crippen molar-refractivity contribution in [3.05, 3.63) is 35.2 Å². The fraction of sp³-hybridized carbons (Fsp3) is 0.444. The van der Waals surface area contributed by atoms with Crippen molar-refractivity contribution in [2.75, 3.05) is 13.1 Å². The first-order valence-corrected chi connectivity index (χ1v) is 8.80. The quantitative estimate of drug-likeness (QED) is 0.870. The highest BCUT2D eigenvalue weighted by molar-refractivity contribution is 6.31. The van der Waals surface area contributed by atoms with Crippen LogP contribution in [0.3, 0.4) is 0 Å². The number of likely N-dealkylation sites (tertiary alicyclic amines) is 1. The van der Waals surface area contributed by atoms with E-state index in [2.05, 4.69) is 15.3 Å². The fourth-order valence-electron chi connectivity index (χ4n) is 2.73. The Morgan fingerprint density at radius 1 is 1.35 bits per heavy atom. The van der Waals surface area contributed by atoms with E-state index in [1.54, 1.807) is 29.3 Å². The molecule has 1 fully saturated rings. The van der Waals surface area contributed by atoms with Crippen molar-refractivity contribution in [2.45, 2.75) is 38.8 Å². The molecule has 0 saturated carbocycles. The Kier molecular flexibility index (Phi) is 5.00. The molecule has 0 aliphatic carbocycles. The Bertz CT molecular complexity index is 850. The Hall–Kier alpha value is -2.41. The number of halogens is 1. The van der Waals surface area contributed by atoms with Gasteiger partial charge in [0.1, 0.15) is 5.60 Å². The second kappa shape index (κ2) is 7.07. The number of rotatable bonds is 2. The number of carbonyl (C=O) groups is 2. The standard InChI is InChI=1S/C18H21ClN4O3/c1-18(2,3)26-17(25)23-7-6-13(10-23)21-16(24)15-20-9-11-8-12(19)4-5-14(11)22-15/h4-5,8-9,13H,6-7,10H2,1-3H3,(H,21,24)/t13-/m0/s1. The molecule has 26 heavy (non-hydrogen) atoms. The van der Waals surface area contributed by atoms with Crippen LogP contribution in [0.5, 0.6) is 0 Å². The number of amides is 2. The molecule has 1 aromatic heterocycles. The summed E-state index contributed by atoms with van der Waals surface area (Å²) in [6, 6.07) is 5.05. The van der Waals surface area contributed by atoms with Gasteiger partial charge in [-0.3, -0.25) is 4.79 Å². The molecule has 8 heteroatoms. The molecule has 7 nitrogen and oxygen atoms in total. The van der Waals surface area contributed by atoms with Gasteiger partial charge in [0.25, 0.3) is 5.91 Å². The third-order valence-electron chi connectivity index (χ3n) is 3.92. The number of nitrogens with zero attached hydrogens (tertiary/aromatic N) is 3. The maximum absolute atomic E-state index is 12.4. The molecule has 1 atom stereocenters. The van der Waals surface area contributed by atoms with Gasteiger partial charge in [-0.15, -0.1) is 0 Å². The summed E-state index contributed by atoms with van der Waals surface area (Å²) in [5.41, 5.74) is 0.108. The van der Waals surface area contributed by atoms with Crippen molar-refractivity contribution in [3.8, 4) is 0 Å². The lowest BCUT2D eigenvalue weighted by molar-refractivity contribution is 0.0290. The SMILES string of the molecule is CC(C)(C)OC(=O)N1CC[C@H](NC(=O)c2ncc3cc(Cl)ccc3n2)C1. The molecule has 0 spiro atoms. The zero-order chi connectivity index (χ0) is 18.9. The van der Waals surface area contributed by atoms with E-state index in [0.29, 0.717) is 30.0 Å². The first kappa shape index (κ1) is 18.4. The predicted octanol–water partition coefficient (Wildman–Crippen LogP) is 3.02. The third-order valence-corrected chi connectivity index (χ3v) is 4.16. The summed E-state index contributed by atoms with van der Waals surface area (Å²) in [6.07, 6.45) is 1.87. The van der Waals surface area contributed by atoms with E-state index < -0.39 is 5.60 Å². The topological polar surface area (TPSA) is 84.4 Å². The molecule has 1 saturated heterocycles. The number of aromatic nitrogens is 2. The van der Waals surface area contributed by atoms with Crippen LogP contribution >= 0.6 is 11.6 Å². The molecule has 1 aromatic carbocycles. The smallest absolute Gasteiger partial charge is 0.410 e. The van der Waals surface area contributed by atoms with Crippen LogP contribution in [0.2, 0.25) is 5.02 Å². The molecule has 0 unspecified atom stereocenters. The number of fused-ring (bicyclic) bond motifs is 1. The van der Waals surface area contributed by atoms with Gasteiger partial charge in [-0.05, 0) is 45.4 Å². The molecule has 0 bridgehead atoms. The minimum Gasteiger partial charge on any atom is -0.444 e. The van der Waals surface area contributed by atoms with Crippen molar-refractivity contribution < 1.29 is 14.3 Å². The van der Waals surface area contributed by atoms with Crippen LogP contribution in [0.4, 0.5) is 4.79 Å². The van der Waals surface area contributed by atoms with E-state index in [-0.39, 0.29) is 23.9 Å². The predicted molar refractivity (Wildman–Crippen MR) is 98.2 cm³/mol. The number of carbonyl (C=O) groups excluding carboxylic acids is 2. The number of hydrogen-bond acceptors (Lipinski definition) is 5. The fourth-order valence-corrected chi connectivity index (χ4v) is 2.91. The van der Waals surface area contributed by atoms with Gasteiger partial charge in [0.05, 0.1) is 5.52 Å². The van der Waals surface area contributed by atoms with Crippen LogP contribution in [0, 0.1) is 0 Å². The molecular formula is C18H21ClN4O3. The highest BCUT2D eigenvalue weighted by Gasteiger charge is 2.31. The van der Waals surface area contributed by atoms with Crippen molar-refractivity contribution >= 4 is 34.5 Å². The minimum absolute atomic E-state index is 0.0931. The summed E-state index contributed by atoms with van der Waals surface area (Å²) < 4.78 is 5.36. The highest BCUT2D eigenvalue weighted by Crippen LogP contribution is 2.18. The molecule has 138 valence electrons. The number of benzene rings is 1. The maximum Gasteiger partial charge on any atom is 0.410 e. The van der Waals surface area contributed by atoms with Gasteiger partial charge in [-0.1, -0.05) is 11.6 Å². The highest BCUT2D eigenvalue weighted by atomic mass is 35.5. The van der Waals surface area contributed by atoms with Crippen LogP contribution in [-0.2, 0) is 4.74 Å². The molecule has 1 N–H and O–H groups in total. The molecule has 2 amide bonds. The lowest BCUT2D eigenvalue weighted by atomic mass is 10.2. The van der Waals surface area contributed by atoms with Crippen LogP contribution < -0.4 is 5.32 Å². The second-order valence-corrected chi connectivity index (χ2v) is 7.72. The summed E-state index contributed by atoms with van der Waals surface area (Å²) in [5, 5.41) is 4.24. The Labute approximate surface area is 156 Å². The zero-order valence-electron chi connectivity index (χ0n) is 15.0. The number of hydrogen-bond donors (Lipinski definition) is 1. The maximum atomic E-state index is 12.4. The average molecular weight is 377 g/mol. The normalized spacial score (nSPS) is 17.4. The van der Waals surface area contributed by atoms with Gasteiger partial charge in [0, 0.05) is 35.7 Å². The van der Waals surface area contributed by atoms with Gasteiger partial charge >= 0.3 is 6.09 Å². The Morgan fingerprint density at radius 3 is 2.85 bits per heavy atom. The van der Waals surface area contributed by atoms with Gasteiger partial charge < -0.3 is 15.0 Å². The van der Waals surface area contributed by atoms with Crippen molar-refractivity contribution in [1.29, 1.82) is 0 Å². The largest absolute Gasteiger partial charge is 0.444 e. The first-order valence-electron chi connectivity index (χ1n) is 8.42. The van der Waals surface area contributed by atoms with Crippen molar-refractivity contribution in [1.82, 2.24) is 20.2 Å². The van der Waals surface area contributed by atoms with E-state index in [0.717, 1.165) is 5.39 Å². The molecule has 0 radical (unpaired) electrons. The van der Waals surface area contributed by atoms with Gasteiger partial charge in [0.2, 0.25) is 5.82 Å².